The van der Waals surface area contributed by atoms with Crippen LogP contribution in [-0.2, 0) is 15.1 Å². The molecule has 182 valence electrons. The Morgan fingerprint density at radius 1 is 1.23 bits per heavy atom. The third-order valence-electron chi connectivity index (χ3n) is 5.98. The number of nitrogens with zero attached hydrogens (tertiary/aromatic N) is 2. The van der Waals surface area contributed by atoms with Crippen LogP contribution in [0.1, 0.15) is 18.1 Å². The molecule has 0 bridgehead atoms. The summed E-state index contributed by atoms with van der Waals surface area (Å²) in [7, 11) is 1.49. The Labute approximate surface area is 203 Å². The highest BCUT2D eigenvalue weighted by atomic mass is 35.5. The van der Waals surface area contributed by atoms with Gasteiger partial charge in [0.25, 0.3) is 6.02 Å². The number of rotatable bonds is 2. The molecule has 3 aliphatic heterocycles. The average Bonchev–Trinajstić information content (AvgIpc) is 3.24. The number of amidine groups is 1. The summed E-state index contributed by atoms with van der Waals surface area (Å²) in [5.41, 5.74) is 0.552. The average molecular weight is 506 g/mol. The molecule has 3 heterocycles. The minimum absolute atomic E-state index is 0.00615. The molecule has 0 radical (unpaired) electrons. The van der Waals surface area contributed by atoms with Crippen molar-refractivity contribution in [2.75, 3.05) is 18.6 Å². The molecule has 35 heavy (non-hydrogen) atoms. The number of carbonyl (C=O) groups is 1. The summed E-state index contributed by atoms with van der Waals surface area (Å²) in [5, 5.41) is 2.26. The summed E-state index contributed by atoms with van der Waals surface area (Å²) < 4.78 is 55.5. The zero-order valence-corrected chi connectivity index (χ0v) is 19.3. The van der Waals surface area contributed by atoms with Gasteiger partial charge in [-0.3, -0.25) is 10.1 Å². The minimum atomic E-state index is -5.09. The number of ether oxygens (including phenoxy) is 3. The van der Waals surface area contributed by atoms with E-state index in [4.69, 9.17) is 25.8 Å². The van der Waals surface area contributed by atoms with Gasteiger partial charge in [-0.05, 0) is 49.4 Å². The predicted octanol–water partition coefficient (Wildman–Crippen LogP) is 4.95. The molecule has 0 fully saturated rings. The molecule has 2 aromatic carbocycles. The molecule has 0 saturated carbocycles. The highest BCUT2D eigenvalue weighted by Gasteiger charge is 2.49. The van der Waals surface area contributed by atoms with Crippen LogP contribution in [-0.4, -0.2) is 37.9 Å². The lowest BCUT2D eigenvalue weighted by molar-refractivity contribution is -0.172. The second kappa shape index (κ2) is 8.23. The van der Waals surface area contributed by atoms with Crippen LogP contribution in [0.5, 0.6) is 17.2 Å². The molecule has 3 aliphatic rings. The number of fused-ring (bicyclic) bond motifs is 4. The van der Waals surface area contributed by atoms with Crippen LogP contribution < -0.4 is 19.7 Å². The van der Waals surface area contributed by atoms with Crippen LogP contribution in [0.15, 0.2) is 64.8 Å². The van der Waals surface area contributed by atoms with E-state index in [9.17, 15) is 18.0 Å². The van der Waals surface area contributed by atoms with Gasteiger partial charge in [0.1, 0.15) is 23.9 Å². The number of carbonyl (C=O) groups excluding carboxylic acids is 1. The Balaban J connectivity index is 1.65. The van der Waals surface area contributed by atoms with Gasteiger partial charge in [-0.2, -0.15) is 13.2 Å². The van der Waals surface area contributed by atoms with Crippen LogP contribution in [0.25, 0.3) is 0 Å². The Kier molecular flexibility index (Phi) is 5.43. The smallest absolute Gasteiger partial charge is 0.471 e. The largest absolute Gasteiger partial charge is 0.497 e. The number of alkyl halides is 3. The Hall–Kier alpha value is -3.66. The molecule has 2 atom stereocenters. The van der Waals surface area contributed by atoms with E-state index < -0.39 is 23.6 Å². The van der Waals surface area contributed by atoms with E-state index in [-0.39, 0.29) is 12.6 Å². The van der Waals surface area contributed by atoms with Crippen molar-refractivity contribution in [3.05, 3.63) is 70.9 Å². The quantitative estimate of drug-likeness (QED) is 0.625. The first kappa shape index (κ1) is 23.1. The van der Waals surface area contributed by atoms with Crippen LogP contribution in [0.4, 0.5) is 18.9 Å². The number of hydrogen-bond acceptors (Lipinski definition) is 6. The summed E-state index contributed by atoms with van der Waals surface area (Å²) in [6.07, 6.45) is 0.437. The van der Waals surface area contributed by atoms with Crippen molar-refractivity contribution in [3.8, 4) is 17.2 Å². The molecule has 11 heteroatoms. The highest BCUT2D eigenvalue weighted by molar-refractivity contribution is 6.31. The molecule has 0 aromatic heterocycles. The van der Waals surface area contributed by atoms with E-state index in [1.807, 2.05) is 30.0 Å². The van der Waals surface area contributed by atoms with Crippen LogP contribution in [0.3, 0.4) is 0 Å². The van der Waals surface area contributed by atoms with Gasteiger partial charge in [-0.15, -0.1) is 0 Å². The first-order chi connectivity index (χ1) is 16.6. The molecule has 5 rings (SSSR count). The van der Waals surface area contributed by atoms with Crippen molar-refractivity contribution in [3.63, 3.8) is 0 Å². The van der Waals surface area contributed by atoms with Crippen LogP contribution >= 0.6 is 11.6 Å². The van der Waals surface area contributed by atoms with E-state index in [0.717, 1.165) is 5.69 Å². The lowest BCUT2D eigenvalue weighted by Gasteiger charge is -2.35. The summed E-state index contributed by atoms with van der Waals surface area (Å²) in [4.78, 5) is 17.9. The first-order valence-corrected chi connectivity index (χ1v) is 10.9. The molecule has 0 aliphatic carbocycles. The number of hydrogen-bond donors (Lipinski definition) is 1. The van der Waals surface area contributed by atoms with Crippen molar-refractivity contribution in [1.29, 1.82) is 0 Å². The maximum absolute atomic E-state index is 12.9. The Morgan fingerprint density at radius 2 is 1.94 bits per heavy atom. The van der Waals surface area contributed by atoms with Gasteiger partial charge in [-0.1, -0.05) is 17.7 Å². The molecule has 2 aromatic rings. The normalized spacial score (nSPS) is 22.5. The SMILES string of the molecule is COc1ccc2c(c1)C1(COC(NC(=O)C(F)(F)F)=N1)c1cc(N3C=C(Cl)C=C[C@@H]3C)ccc1O2. The van der Waals surface area contributed by atoms with Gasteiger partial charge in [0, 0.05) is 29.1 Å². The van der Waals surface area contributed by atoms with Gasteiger partial charge in [0.15, 0.2) is 5.54 Å². The molecule has 1 amide bonds. The minimum Gasteiger partial charge on any atom is -0.497 e. The van der Waals surface area contributed by atoms with Gasteiger partial charge < -0.3 is 19.1 Å². The molecule has 1 spiro atoms. The second-order valence-electron chi connectivity index (χ2n) is 8.18. The number of aliphatic imine (C=N–C) groups is 1. The second-order valence-corrected chi connectivity index (χ2v) is 8.62. The number of anilines is 1. The van der Waals surface area contributed by atoms with Gasteiger partial charge in [0.2, 0.25) is 0 Å². The molecule has 0 saturated heterocycles. The fourth-order valence-corrected chi connectivity index (χ4v) is 4.43. The van der Waals surface area contributed by atoms with E-state index in [2.05, 4.69) is 4.99 Å². The monoisotopic (exact) mass is 505 g/mol. The van der Waals surface area contributed by atoms with Crippen LogP contribution in [0, 0.1) is 0 Å². The standard InChI is InChI=1S/C24H19ClF3N3O4/c1-13-3-4-14(25)11-31(13)15-5-7-19-17(9-15)23(18-10-16(33-2)6-8-20(18)35-19)12-34-22(30-23)29-21(32)24(26,27)28/h3-11,13H,12H2,1-2H3,(H,29,30,32)/t13-,23?/m0/s1. The van der Waals surface area contributed by atoms with Crippen molar-refractivity contribution in [2.24, 2.45) is 4.99 Å². The first-order valence-electron chi connectivity index (χ1n) is 10.6. The molecular formula is C24H19ClF3N3O4. The number of benzene rings is 2. The van der Waals surface area contributed by atoms with Crippen molar-refractivity contribution in [1.82, 2.24) is 5.32 Å². The maximum atomic E-state index is 12.9. The number of nitrogens with one attached hydrogen (secondary N) is 1. The molecular weight excluding hydrogens is 487 g/mol. The van der Waals surface area contributed by atoms with Crippen molar-refractivity contribution >= 4 is 29.2 Å². The van der Waals surface area contributed by atoms with Gasteiger partial charge in [0.05, 0.1) is 12.1 Å². The third kappa shape index (κ3) is 3.97. The maximum Gasteiger partial charge on any atom is 0.471 e. The van der Waals surface area contributed by atoms with Gasteiger partial charge in [-0.25, -0.2) is 4.99 Å². The van der Waals surface area contributed by atoms with Gasteiger partial charge >= 0.3 is 12.1 Å². The fourth-order valence-electron chi connectivity index (χ4n) is 4.25. The zero-order chi connectivity index (χ0) is 25.0. The number of allylic oxidation sites excluding steroid dienone is 2. The Morgan fingerprint density at radius 3 is 2.66 bits per heavy atom. The number of halogens is 4. The highest BCUT2D eigenvalue weighted by Crippen LogP contribution is 2.52. The van der Waals surface area contributed by atoms with E-state index in [1.165, 1.54) is 7.11 Å². The van der Waals surface area contributed by atoms with Crippen molar-refractivity contribution < 1.29 is 32.2 Å². The summed E-state index contributed by atoms with van der Waals surface area (Å²) >= 11 is 6.22. The Bertz CT molecular complexity index is 1310. The summed E-state index contributed by atoms with van der Waals surface area (Å²) in [6.45, 7) is 1.83. The van der Waals surface area contributed by atoms with E-state index in [1.54, 1.807) is 41.9 Å². The fraction of sp³-hybridized carbons (Fsp3) is 0.250. The predicted molar refractivity (Wildman–Crippen MR) is 123 cm³/mol. The summed E-state index contributed by atoms with van der Waals surface area (Å²) in [6, 6.07) is 9.98. The number of methoxy groups -OCH3 is 1. The molecule has 1 N–H and O–H groups in total. The molecule has 7 nitrogen and oxygen atoms in total. The van der Waals surface area contributed by atoms with E-state index >= 15 is 0 Å². The summed E-state index contributed by atoms with van der Waals surface area (Å²) in [5.74, 6) is -0.774. The third-order valence-corrected chi connectivity index (χ3v) is 6.21. The van der Waals surface area contributed by atoms with Crippen LogP contribution in [0.2, 0.25) is 0 Å². The number of amides is 1. The zero-order valence-electron chi connectivity index (χ0n) is 18.5. The topological polar surface area (TPSA) is 72.4 Å². The lowest BCUT2D eigenvalue weighted by atomic mass is 9.81. The molecule has 1 unspecified atom stereocenters. The van der Waals surface area contributed by atoms with E-state index in [0.29, 0.717) is 33.4 Å². The lowest BCUT2D eigenvalue weighted by Crippen LogP contribution is -2.40. The van der Waals surface area contributed by atoms with Crippen molar-refractivity contribution in [2.45, 2.75) is 24.7 Å².